The number of aliphatic imine (C=N–C) groups is 1. The standard InChI is InChI=1S/C17H33N3O2/c1-2-3-4-5-6-7-8-9-10-11-14-22-16(21)15-20-13-12-19-17(20)18/h2-15H2,1H3,(H2,18,19). The van der Waals surface area contributed by atoms with Crippen molar-refractivity contribution >= 4 is 11.9 Å². The first kappa shape index (κ1) is 18.8. The lowest BCUT2D eigenvalue weighted by Crippen LogP contribution is -2.38. The molecular weight excluding hydrogens is 278 g/mol. The molecule has 0 aromatic carbocycles. The summed E-state index contributed by atoms with van der Waals surface area (Å²) in [6.07, 6.45) is 12.8. The van der Waals surface area contributed by atoms with E-state index in [0.717, 1.165) is 19.4 Å². The fourth-order valence-electron chi connectivity index (χ4n) is 2.64. The largest absolute Gasteiger partial charge is 0.464 e. The summed E-state index contributed by atoms with van der Waals surface area (Å²) in [7, 11) is 0. The Labute approximate surface area is 135 Å². The van der Waals surface area contributed by atoms with Crippen LogP contribution < -0.4 is 5.73 Å². The molecule has 0 amide bonds. The molecule has 1 rings (SSSR count). The molecule has 22 heavy (non-hydrogen) atoms. The van der Waals surface area contributed by atoms with Crippen molar-refractivity contribution in [1.29, 1.82) is 0 Å². The third-order valence-corrected chi connectivity index (χ3v) is 4.05. The van der Waals surface area contributed by atoms with Crippen LogP contribution in [-0.2, 0) is 9.53 Å². The number of nitrogens with two attached hydrogens (primary N) is 1. The summed E-state index contributed by atoms with van der Waals surface area (Å²) in [5.41, 5.74) is 5.66. The number of carbonyl (C=O) groups excluding carboxylic acids is 1. The number of nitrogens with zero attached hydrogens (tertiary/aromatic N) is 2. The van der Waals surface area contributed by atoms with Crippen LogP contribution in [0, 0.1) is 0 Å². The Bertz CT molecular complexity index is 332. The van der Waals surface area contributed by atoms with Crippen LogP contribution in [-0.4, -0.2) is 43.1 Å². The van der Waals surface area contributed by atoms with Crippen LogP contribution >= 0.6 is 0 Å². The average Bonchev–Trinajstić information content (AvgIpc) is 2.90. The molecule has 0 aromatic heterocycles. The van der Waals surface area contributed by atoms with Gasteiger partial charge in [-0.3, -0.25) is 9.79 Å². The molecule has 0 aromatic rings. The van der Waals surface area contributed by atoms with Gasteiger partial charge in [0.2, 0.25) is 0 Å². The van der Waals surface area contributed by atoms with Crippen LogP contribution in [0.1, 0.15) is 71.1 Å². The number of esters is 1. The fourth-order valence-corrected chi connectivity index (χ4v) is 2.64. The monoisotopic (exact) mass is 311 g/mol. The molecule has 128 valence electrons. The van der Waals surface area contributed by atoms with Crippen LogP contribution in [0.5, 0.6) is 0 Å². The topological polar surface area (TPSA) is 67.9 Å². The van der Waals surface area contributed by atoms with Gasteiger partial charge in [0, 0.05) is 6.54 Å². The maximum Gasteiger partial charge on any atom is 0.325 e. The van der Waals surface area contributed by atoms with Crippen LogP contribution in [0.2, 0.25) is 0 Å². The quantitative estimate of drug-likeness (QED) is 0.419. The molecule has 0 bridgehead atoms. The van der Waals surface area contributed by atoms with Crippen molar-refractivity contribution < 1.29 is 9.53 Å². The molecule has 0 aliphatic carbocycles. The zero-order valence-corrected chi connectivity index (χ0v) is 14.2. The van der Waals surface area contributed by atoms with Gasteiger partial charge in [-0.05, 0) is 6.42 Å². The summed E-state index contributed by atoms with van der Waals surface area (Å²) in [6.45, 7) is 4.41. The highest BCUT2D eigenvalue weighted by Crippen LogP contribution is 2.10. The zero-order valence-electron chi connectivity index (χ0n) is 14.2. The molecule has 1 aliphatic rings. The maximum absolute atomic E-state index is 11.6. The number of ether oxygens (including phenoxy) is 1. The van der Waals surface area contributed by atoms with Crippen LogP contribution in [0.4, 0.5) is 0 Å². The van der Waals surface area contributed by atoms with Crippen molar-refractivity contribution in [2.45, 2.75) is 71.1 Å². The van der Waals surface area contributed by atoms with E-state index in [9.17, 15) is 4.79 Å². The van der Waals surface area contributed by atoms with Gasteiger partial charge in [-0.1, -0.05) is 64.7 Å². The molecule has 0 atom stereocenters. The minimum atomic E-state index is -0.198. The summed E-state index contributed by atoms with van der Waals surface area (Å²) < 4.78 is 5.23. The Balaban J connectivity index is 1.83. The van der Waals surface area contributed by atoms with E-state index in [0.29, 0.717) is 19.1 Å². The lowest BCUT2D eigenvalue weighted by molar-refractivity contribution is -0.144. The summed E-state index contributed by atoms with van der Waals surface area (Å²) in [5.74, 6) is 0.256. The third kappa shape index (κ3) is 8.90. The molecule has 5 heteroatoms. The Morgan fingerprint density at radius 3 is 2.23 bits per heavy atom. The van der Waals surface area contributed by atoms with Gasteiger partial charge in [-0.2, -0.15) is 0 Å². The predicted octanol–water partition coefficient (Wildman–Crippen LogP) is 3.08. The Kier molecular flexibility index (Phi) is 10.5. The van der Waals surface area contributed by atoms with Crippen molar-refractivity contribution in [1.82, 2.24) is 4.90 Å². The normalized spacial score (nSPS) is 14.2. The molecule has 2 N–H and O–H groups in total. The van der Waals surface area contributed by atoms with E-state index in [4.69, 9.17) is 10.5 Å². The Morgan fingerprint density at radius 1 is 1.09 bits per heavy atom. The van der Waals surface area contributed by atoms with Gasteiger partial charge in [-0.15, -0.1) is 0 Å². The van der Waals surface area contributed by atoms with Gasteiger partial charge in [0.25, 0.3) is 0 Å². The second-order valence-corrected chi connectivity index (χ2v) is 6.06. The zero-order chi connectivity index (χ0) is 16.0. The van der Waals surface area contributed by atoms with Crippen molar-refractivity contribution in [2.24, 2.45) is 10.7 Å². The van der Waals surface area contributed by atoms with E-state index in [1.807, 2.05) is 0 Å². The highest BCUT2D eigenvalue weighted by Gasteiger charge is 2.17. The molecule has 0 saturated heterocycles. The second kappa shape index (κ2) is 12.3. The fraction of sp³-hybridized carbons (Fsp3) is 0.882. The van der Waals surface area contributed by atoms with E-state index in [-0.39, 0.29) is 12.5 Å². The van der Waals surface area contributed by atoms with Gasteiger partial charge in [0.15, 0.2) is 5.96 Å². The third-order valence-electron chi connectivity index (χ3n) is 4.05. The molecule has 0 fully saturated rings. The number of guanidine groups is 1. The maximum atomic E-state index is 11.6. The van der Waals surface area contributed by atoms with Gasteiger partial charge < -0.3 is 15.4 Å². The lowest BCUT2D eigenvalue weighted by atomic mass is 10.1. The second-order valence-electron chi connectivity index (χ2n) is 6.06. The van der Waals surface area contributed by atoms with E-state index < -0.39 is 0 Å². The summed E-state index contributed by atoms with van der Waals surface area (Å²) in [4.78, 5) is 17.4. The number of rotatable bonds is 13. The lowest BCUT2D eigenvalue weighted by Gasteiger charge is -2.15. The first-order chi connectivity index (χ1) is 10.7. The van der Waals surface area contributed by atoms with Gasteiger partial charge in [-0.25, -0.2) is 0 Å². The van der Waals surface area contributed by atoms with Gasteiger partial charge in [0.05, 0.1) is 13.2 Å². The van der Waals surface area contributed by atoms with Crippen molar-refractivity contribution in [3.63, 3.8) is 0 Å². The van der Waals surface area contributed by atoms with E-state index in [1.165, 1.54) is 51.4 Å². The van der Waals surface area contributed by atoms with Gasteiger partial charge in [0.1, 0.15) is 6.54 Å². The van der Waals surface area contributed by atoms with Crippen LogP contribution in [0.25, 0.3) is 0 Å². The predicted molar refractivity (Wildman–Crippen MR) is 90.9 cm³/mol. The van der Waals surface area contributed by atoms with E-state index in [2.05, 4.69) is 11.9 Å². The average molecular weight is 311 g/mol. The first-order valence-corrected chi connectivity index (χ1v) is 8.94. The molecule has 1 aliphatic heterocycles. The SMILES string of the molecule is CCCCCCCCCCCCOC(=O)CN1CCN=C1N. The summed E-state index contributed by atoms with van der Waals surface area (Å²) in [6, 6.07) is 0. The minimum Gasteiger partial charge on any atom is -0.464 e. The molecule has 5 nitrogen and oxygen atoms in total. The smallest absolute Gasteiger partial charge is 0.325 e. The van der Waals surface area contributed by atoms with Gasteiger partial charge >= 0.3 is 5.97 Å². The van der Waals surface area contributed by atoms with Crippen LogP contribution in [0.15, 0.2) is 4.99 Å². The molecule has 0 radical (unpaired) electrons. The highest BCUT2D eigenvalue weighted by molar-refractivity contribution is 5.84. The van der Waals surface area contributed by atoms with Crippen molar-refractivity contribution in [3.8, 4) is 0 Å². The summed E-state index contributed by atoms with van der Waals surface area (Å²) in [5, 5.41) is 0. The molecular formula is C17H33N3O2. The highest BCUT2D eigenvalue weighted by atomic mass is 16.5. The number of unbranched alkanes of at least 4 members (excludes halogenated alkanes) is 9. The Hall–Kier alpha value is -1.26. The van der Waals surface area contributed by atoms with Crippen molar-refractivity contribution in [2.75, 3.05) is 26.2 Å². The molecule has 0 spiro atoms. The summed E-state index contributed by atoms with van der Waals surface area (Å²) >= 11 is 0. The number of carbonyl (C=O) groups is 1. The molecule has 0 unspecified atom stereocenters. The number of hydrogen-bond donors (Lipinski definition) is 1. The Morgan fingerprint density at radius 2 is 1.68 bits per heavy atom. The molecule has 1 heterocycles. The minimum absolute atomic E-state index is 0.198. The van der Waals surface area contributed by atoms with Crippen LogP contribution in [0.3, 0.4) is 0 Å². The molecule has 0 saturated carbocycles. The first-order valence-electron chi connectivity index (χ1n) is 8.94. The van der Waals surface area contributed by atoms with E-state index >= 15 is 0 Å². The number of hydrogen-bond acceptors (Lipinski definition) is 5. The van der Waals surface area contributed by atoms with E-state index in [1.54, 1.807) is 4.90 Å². The van der Waals surface area contributed by atoms with Crippen molar-refractivity contribution in [3.05, 3.63) is 0 Å².